The summed E-state index contributed by atoms with van der Waals surface area (Å²) < 4.78 is 17.6. The maximum Gasteiger partial charge on any atom is 0.231 e. The first-order valence-corrected chi connectivity index (χ1v) is 11.1. The van der Waals surface area contributed by atoms with Crippen LogP contribution in [0.5, 0.6) is 17.2 Å². The van der Waals surface area contributed by atoms with Crippen molar-refractivity contribution in [1.82, 2.24) is 4.90 Å². The van der Waals surface area contributed by atoms with Crippen LogP contribution in [0.1, 0.15) is 34.8 Å². The van der Waals surface area contributed by atoms with E-state index in [1.807, 2.05) is 37.3 Å². The molecular weight excluding hydrogens is 410 g/mol. The quantitative estimate of drug-likeness (QED) is 0.479. The van der Waals surface area contributed by atoms with Gasteiger partial charge < -0.3 is 14.2 Å². The Labute approximate surface area is 188 Å². The molecule has 4 nitrogen and oxygen atoms in total. The molecule has 0 amide bonds. The fraction of sp³-hybridized carbons (Fsp3) is 0.308. The lowest BCUT2D eigenvalue weighted by atomic mass is 9.99. The van der Waals surface area contributed by atoms with Crippen LogP contribution in [0.2, 0.25) is 5.02 Å². The molecule has 0 aliphatic carbocycles. The summed E-state index contributed by atoms with van der Waals surface area (Å²) in [6.07, 6.45) is 1.81. The molecule has 3 aromatic rings. The number of hydrogen-bond acceptors (Lipinski definition) is 4. The molecule has 0 saturated carbocycles. The highest BCUT2D eigenvalue weighted by Gasteiger charge is 2.23. The van der Waals surface area contributed by atoms with Gasteiger partial charge in [-0.3, -0.25) is 4.90 Å². The van der Waals surface area contributed by atoms with Crippen LogP contribution in [-0.4, -0.2) is 24.8 Å². The van der Waals surface area contributed by atoms with Crippen LogP contribution in [-0.2, 0) is 13.0 Å². The van der Waals surface area contributed by atoms with Gasteiger partial charge >= 0.3 is 0 Å². The molecule has 0 N–H and O–H groups in total. The van der Waals surface area contributed by atoms with E-state index in [0.717, 1.165) is 55.1 Å². The smallest absolute Gasteiger partial charge is 0.231 e. The summed E-state index contributed by atoms with van der Waals surface area (Å²) in [6.45, 7) is 5.30. The number of halogens is 1. The molecule has 1 unspecified atom stereocenters. The summed E-state index contributed by atoms with van der Waals surface area (Å²) in [6, 6.07) is 20.7. The lowest BCUT2D eigenvalue weighted by Gasteiger charge is -2.30. The second kappa shape index (κ2) is 8.81. The summed E-state index contributed by atoms with van der Waals surface area (Å²) in [5.74, 6) is 2.27. The van der Waals surface area contributed by atoms with Crippen LogP contribution in [0.15, 0.2) is 60.7 Å². The number of ether oxygens (including phenoxy) is 3. The predicted octanol–water partition coefficient (Wildman–Crippen LogP) is 5.95. The molecule has 1 atom stereocenters. The second-order valence-electron chi connectivity index (χ2n) is 8.24. The number of nitrogens with zero attached hydrogens (tertiary/aromatic N) is 1. The van der Waals surface area contributed by atoms with Crippen LogP contribution in [0.25, 0.3) is 0 Å². The molecule has 3 aromatic carbocycles. The molecule has 2 aliphatic heterocycles. The summed E-state index contributed by atoms with van der Waals surface area (Å²) in [4.78, 5) is 2.50. The second-order valence-corrected chi connectivity index (χ2v) is 8.64. The van der Waals surface area contributed by atoms with Crippen LogP contribution >= 0.6 is 11.6 Å². The van der Waals surface area contributed by atoms with E-state index in [1.54, 1.807) is 0 Å². The van der Waals surface area contributed by atoms with Gasteiger partial charge in [-0.2, -0.15) is 0 Å². The highest BCUT2D eigenvalue weighted by molar-refractivity contribution is 6.32. The Kier molecular flexibility index (Phi) is 5.75. The summed E-state index contributed by atoms with van der Waals surface area (Å²) in [5.41, 5.74) is 5.08. The zero-order valence-electron chi connectivity index (χ0n) is 17.6. The van der Waals surface area contributed by atoms with E-state index in [9.17, 15) is 0 Å². The average Bonchev–Trinajstić information content (AvgIpc) is 3.26. The number of aryl methyl sites for hydroxylation is 1. The predicted molar refractivity (Wildman–Crippen MR) is 122 cm³/mol. The standard InChI is InChI=1S/C26H26ClNO3/c1-18-6-8-22(27)25(14-18)31-23(20-7-9-24-26(15-20)30-17-29-24)11-13-28-12-10-19-4-2-3-5-21(19)16-28/h2-9,14-15,23H,10-13,16-17H2,1H3. The Bertz CT molecular complexity index is 1080. The van der Waals surface area contributed by atoms with E-state index < -0.39 is 0 Å². The number of rotatable bonds is 6. The normalized spacial score (nSPS) is 16.1. The molecule has 0 spiro atoms. The maximum atomic E-state index is 6.48. The van der Waals surface area contributed by atoms with Gasteiger partial charge in [0.1, 0.15) is 11.9 Å². The fourth-order valence-electron chi connectivity index (χ4n) is 4.31. The molecular formula is C26H26ClNO3. The molecule has 0 saturated heterocycles. The topological polar surface area (TPSA) is 30.9 Å². The molecule has 160 valence electrons. The summed E-state index contributed by atoms with van der Waals surface area (Å²) >= 11 is 6.45. The zero-order valence-corrected chi connectivity index (χ0v) is 18.4. The van der Waals surface area contributed by atoms with E-state index >= 15 is 0 Å². The largest absolute Gasteiger partial charge is 0.484 e. The first-order chi connectivity index (χ1) is 15.2. The molecule has 31 heavy (non-hydrogen) atoms. The minimum Gasteiger partial charge on any atom is -0.484 e. The summed E-state index contributed by atoms with van der Waals surface area (Å²) in [7, 11) is 0. The number of benzene rings is 3. The first-order valence-electron chi connectivity index (χ1n) is 10.8. The lowest BCUT2D eigenvalue weighted by molar-refractivity contribution is 0.157. The first kappa shape index (κ1) is 20.2. The SMILES string of the molecule is Cc1ccc(Cl)c(OC(CCN2CCc3ccccc3C2)c2ccc3c(c2)OCO3)c1. The molecule has 2 heterocycles. The van der Waals surface area contributed by atoms with Crippen LogP contribution in [0.3, 0.4) is 0 Å². The van der Waals surface area contributed by atoms with E-state index in [1.165, 1.54) is 11.1 Å². The third-order valence-corrected chi connectivity index (χ3v) is 6.35. The van der Waals surface area contributed by atoms with Crippen LogP contribution < -0.4 is 14.2 Å². The Morgan fingerprint density at radius 3 is 2.74 bits per heavy atom. The Morgan fingerprint density at radius 1 is 1.00 bits per heavy atom. The zero-order chi connectivity index (χ0) is 21.2. The Balaban J connectivity index is 1.36. The molecule has 0 radical (unpaired) electrons. The van der Waals surface area contributed by atoms with E-state index in [4.69, 9.17) is 25.8 Å². The van der Waals surface area contributed by atoms with Gasteiger partial charge in [0.05, 0.1) is 5.02 Å². The van der Waals surface area contributed by atoms with Crippen molar-refractivity contribution in [2.24, 2.45) is 0 Å². The molecule has 0 aromatic heterocycles. The van der Waals surface area contributed by atoms with Crippen LogP contribution in [0, 0.1) is 6.92 Å². The van der Waals surface area contributed by atoms with Gasteiger partial charge in [-0.05, 0) is 59.9 Å². The van der Waals surface area contributed by atoms with Crippen molar-refractivity contribution in [2.75, 3.05) is 19.9 Å². The van der Waals surface area contributed by atoms with Gasteiger partial charge in [-0.15, -0.1) is 0 Å². The fourth-order valence-corrected chi connectivity index (χ4v) is 4.47. The van der Waals surface area contributed by atoms with Crippen molar-refractivity contribution < 1.29 is 14.2 Å². The Hall–Kier alpha value is -2.69. The van der Waals surface area contributed by atoms with Gasteiger partial charge in [0, 0.05) is 26.1 Å². The van der Waals surface area contributed by atoms with E-state index in [0.29, 0.717) is 10.8 Å². The minimum atomic E-state index is -0.133. The molecule has 5 rings (SSSR count). The third-order valence-electron chi connectivity index (χ3n) is 6.04. The third kappa shape index (κ3) is 4.51. The monoisotopic (exact) mass is 435 g/mol. The highest BCUT2D eigenvalue weighted by atomic mass is 35.5. The van der Waals surface area contributed by atoms with Crippen LogP contribution in [0.4, 0.5) is 0 Å². The molecule has 0 bridgehead atoms. The van der Waals surface area contributed by atoms with Gasteiger partial charge in [0.25, 0.3) is 0 Å². The number of fused-ring (bicyclic) bond motifs is 2. The number of hydrogen-bond donors (Lipinski definition) is 0. The minimum absolute atomic E-state index is 0.133. The molecule has 5 heteroatoms. The van der Waals surface area contributed by atoms with Crippen molar-refractivity contribution in [2.45, 2.75) is 32.4 Å². The van der Waals surface area contributed by atoms with E-state index in [2.05, 4.69) is 35.2 Å². The van der Waals surface area contributed by atoms with Crippen molar-refractivity contribution in [3.63, 3.8) is 0 Å². The maximum absolute atomic E-state index is 6.48. The van der Waals surface area contributed by atoms with Gasteiger partial charge in [-0.1, -0.05) is 48.0 Å². The summed E-state index contributed by atoms with van der Waals surface area (Å²) in [5, 5.41) is 0.628. The molecule has 2 aliphatic rings. The Morgan fingerprint density at radius 2 is 1.84 bits per heavy atom. The molecule has 0 fully saturated rings. The van der Waals surface area contributed by atoms with Crippen molar-refractivity contribution in [1.29, 1.82) is 0 Å². The lowest BCUT2D eigenvalue weighted by Crippen LogP contribution is -2.32. The van der Waals surface area contributed by atoms with Crippen molar-refractivity contribution >= 4 is 11.6 Å². The van der Waals surface area contributed by atoms with Gasteiger partial charge in [0.2, 0.25) is 6.79 Å². The van der Waals surface area contributed by atoms with E-state index in [-0.39, 0.29) is 12.9 Å². The van der Waals surface area contributed by atoms with Crippen molar-refractivity contribution in [3.8, 4) is 17.2 Å². The van der Waals surface area contributed by atoms with Gasteiger partial charge in [0.15, 0.2) is 11.5 Å². The highest BCUT2D eigenvalue weighted by Crippen LogP contribution is 2.37. The van der Waals surface area contributed by atoms with Crippen molar-refractivity contribution in [3.05, 3.63) is 87.9 Å². The average molecular weight is 436 g/mol. The van der Waals surface area contributed by atoms with Gasteiger partial charge in [-0.25, -0.2) is 0 Å².